The molecule has 4 heterocycles. The molecule has 1 amide bonds. The van der Waals surface area contributed by atoms with Gasteiger partial charge in [-0.1, -0.05) is 25.7 Å². The molecule has 218 valence electrons. The molecule has 6 aliphatic rings. The van der Waals surface area contributed by atoms with Crippen molar-refractivity contribution in [2.24, 2.45) is 17.8 Å². The largest absolute Gasteiger partial charge is 0.378 e. The first kappa shape index (κ1) is 25.8. The van der Waals surface area contributed by atoms with Crippen molar-refractivity contribution < 1.29 is 23.5 Å². The number of morpholine rings is 2. The molecular weight excluding hydrogens is 523 g/mol. The van der Waals surface area contributed by atoms with Crippen LogP contribution in [0.3, 0.4) is 0 Å². The zero-order valence-electron chi connectivity index (χ0n) is 23.3. The number of aromatic amines is 1. The van der Waals surface area contributed by atoms with Crippen LogP contribution in [0.4, 0.5) is 10.1 Å². The third kappa shape index (κ3) is 4.30. The number of ketones is 1. The summed E-state index contributed by atoms with van der Waals surface area (Å²) in [5.74, 6) is 0.214. The number of rotatable bonds is 3. The molecule has 9 heteroatoms. The fourth-order valence-corrected chi connectivity index (χ4v) is 8.89. The summed E-state index contributed by atoms with van der Waals surface area (Å²) in [4.78, 5) is 34.9. The van der Waals surface area contributed by atoms with Gasteiger partial charge in [0.2, 0.25) is 0 Å². The van der Waals surface area contributed by atoms with E-state index in [0.717, 1.165) is 29.4 Å². The number of hydrogen-bond acceptors (Lipinski definition) is 6. The summed E-state index contributed by atoms with van der Waals surface area (Å²) in [6.45, 7) is 1.90. The molecule has 0 bridgehead atoms. The first-order valence-corrected chi connectivity index (χ1v) is 15.6. The summed E-state index contributed by atoms with van der Waals surface area (Å²) in [5, 5.41) is 4.55. The average molecular weight is 563 g/mol. The number of nitrogens with zero attached hydrogens (tertiary/aromatic N) is 2. The summed E-state index contributed by atoms with van der Waals surface area (Å²) in [6.07, 6.45) is 9.00. The van der Waals surface area contributed by atoms with Gasteiger partial charge < -0.3 is 29.6 Å². The van der Waals surface area contributed by atoms with Crippen LogP contribution in [0.25, 0.3) is 10.9 Å². The Morgan fingerprint density at radius 1 is 1.05 bits per heavy atom. The molecule has 2 aromatic rings. The van der Waals surface area contributed by atoms with E-state index < -0.39 is 24.2 Å². The van der Waals surface area contributed by atoms with Crippen molar-refractivity contribution in [2.45, 2.75) is 81.5 Å². The van der Waals surface area contributed by atoms with Crippen LogP contribution in [0.1, 0.15) is 44.9 Å². The molecule has 2 saturated heterocycles. The molecule has 41 heavy (non-hydrogen) atoms. The second-order valence-electron chi connectivity index (χ2n) is 13.0. The molecule has 3 saturated carbocycles. The van der Waals surface area contributed by atoms with Gasteiger partial charge in [0.1, 0.15) is 12.3 Å². The number of nitrogens with one attached hydrogen (secondary N) is 2. The van der Waals surface area contributed by atoms with E-state index in [1.807, 2.05) is 36.7 Å². The molecule has 1 aromatic carbocycles. The van der Waals surface area contributed by atoms with E-state index in [0.29, 0.717) is 38.1 Å². The number of alkyl halides is 1. The lowest BCUT2D eigenvalue weighted by Gasteiger charge is -2.61. The number of ether oxygens (including phenoxy) is 2. The maximum absolute atomic E-state index is 16.2. The minimum absolute atomic E-state index is 0.0396. The second kappa shape index (κ2) is 10.1. The van der Waals surface area contributed by atoms with Gasteiger partial charge in [0.15, 0.2) is 5.78 Å². The van der Waals surface area contributed by atoms with E-state index >= 15 is 4.39 Å². The number of carbonyl (C=O) groups excluding carboxylic acids is 2. The van der Waals surface area contributed by atoms with Crippen molar-refractivity contribution in [1.29, 1.82) is 0 Å². The Kier molecular flexibility index (Phi) is 6.36. The van der Waals surface area contributed by atoms with Gasteiger partial charge in [0.25, 0.3) is 5.91 Å². The minimum atomic E-state index is -1.28. The number of H-pyrrole nitrogens is 1. The predicted octanol–water partition coefficient (Wildman–Crippen LogP) is 4.04. The van der Waals surface area contributed by atoms with Crippen LogP contribution in [0.15, 0.2) is 42.2 Å². The highest BCUT2D eigenvalue weighted by atomic mass is 19.1. The smallest absolute Gasteiger partial charge is 0.259 e. The van der Waals surface area contributed by atoms with Crippen LogP contribution < -0.4 is 5.32 Å². The van der Waals surface area contributed by atoms with Crippen LogP contribution in [0.2, 0.25) is 0 Å². The second-order valence-corrected chi connectivity index (χ2v) is 13.0. The third-order valence-corrected chi connectivity index (χ3v) is 10.9. The van der Waals surface area contributed by atoms with Crippen molar-refractivity contribution >= 4 is 28.3 Å². The first-order valence-electron chi connectivity index (χ1n) is 15.6. The number of fused-ring (bicyclic) bond motifs is 4. The molecule has 9 unspecified atom stereocenters. The number of carbonyl (C=O) groups is 2. The predicted molar refractivity (Wildman–Crippen MR) is 152 cm³/mol. The van der Waals surface area contributed by atoms with Gasteiger partial charge in [0, 0.05) is 48.0 Å². The number of halogens is 1. The number of benzene rings is 1. The molecule has 5 fully saturated rings. The van der Waals surface area contributed by atoms with E-state index in [1.54, 1.807) is 4.90 Å². The van der Waals surface area contributed by atoms with Gasteiger partial charge in [-0.25, -0.2) is 4.39 Å². The quantitative estimate of drug-likeness (QED) is 0.550. The Balaban J connectivity index is 1.16. The molecule has 0 radical (unpaired) electrons. The van der Waals surface area contributed by atoms with Gasteiger partial charge in [-0.15, -0.1) is 0 Å². The fraction of sp³-hybridized carbons (Fsp3) is 0.625. The number of Topliss-reactive ketones (excluding diaryl/α,β-unsaturated/α-hetero) is 1. The van der Waals surface area contributed by atoms with E-state index in [2.05, 4.69) is 15.2 Å². The lowest BCUT2D eigenvalue weighted by atomic mass is 9.65. The molecule has 3 aliphatic heterocycles. The van der Waals surface area contributed by atoms with Gasteiger partial charge in [0.05, 0.1) is 43.0 Å². The Bertz CT molecular complexity index is 1370. The fourth-order valence-electron chi connectivity index (χ4n) is 8.89. The monoisotopic (exact) mass is 562 g/mol. The van der Waals surface area contributed by atoms with Crippen molar-refractivity contribution in [2.75, 3.05) is 31.6 Å². The minimum Gasteiger partial charge on any atom is -0.378 e. The lowest BCUT2D eigenvalue weighted by Crippen LogP contribution is -2.72. The van der Waals surface area contributed by atoms with Gasteiger partial charge in [-0.3, -0.25) is 9.59 Å². The maximum Gasteiger partial charge on any atom is 0.259 e. The summed E-state index contributed by atoms with van der Waals surface area (Å²) in [5.41, 5.74) is 2.09. The molecule has 1 aromatic heterocycles. The van der Waals surface area contributed by atoms with Crippen molar-refractivity contribution in [3.8, 4) is 0 Å². The molecule has 8 nitrogen and oxygen atoms in total. The Labute approximate surface area is 239 Å². The zero-order valence-corrected chi connectivity index (χ0v) is 23.3. The Hall–Kier alpha value is -2.91. The van der Waals surface area contributed by atoms with E-state index in [4.69, 9.17) is 9.47 Å². The van der Waals surface area contributed by atoms with Crippen LogP contribution in [-0.2, 0) is 19.1 Å². The van der Waals surface area contributed by atoms with Gasteiger partial charge >= 0.3 is 0 Å². The summed E-state index contributed by atoms with van der Waals surface area (Å²) < 4.78 is 28.6. The third-order valence-electron chi connectivity index (χ3n) is 10.9. The average Bonchev–Trinajstić information content (AvgIpc) is 3.47. The van der Waals surface area contributed by atoms with E-state index in [9.17, 15) is 9.59 Å². The van der Waals surface area contributed by atoms with Gasteiger partial charge in [-0.2, -0.15) is 0 Å². The van der Waals surface area contributed by atoms with Crippen LogP contribution in [-0.4, -0.2) is 89.3 Å². The summed E-state index contributed by atoms with van der Waals surface area (Å²) in [7, 11) is 0. The highest BCUT2D eigenvalue weighted by Gasteiger charge is 2.60. The summed E-state index contributed by atoms with van der Waals surface area (Å²) >= 11 is 0. The molecule has 9 atom stereocenters. The SMILES string of the molecule is O=C1C(C(=O)N2CCOCC2)=CN2C3CC4CCCCC4CC3OC3C(Nc4ccc5[nH]ccc5c4)C(F)CC1C32. The van der Waals surface area contributed by atoms with Crippen LogP contribution in [0.5, 0.6) is 0 Å². The number of amides is 1. The number of aromatic nitrogens is 1. The van der Waals surface area contributed by atoms with Crippen molar-refractivity contribution in [3.05, 3.63) is 42.2 Å². The number of anilines is 1. The molecular formula is C32H39FN4O4. The summed E-state index contributed by atoms with van der Waals surface area (Å²) in [6, 6.07) is 7.25. The van der Waals surface area contributed by atoms with E-state index in [-0.39, 0.29) is 41.9 Å². The lowest BCUT2D eigenvalue weighted by molar-refractivity contribution is -0.202. The van der Waals surface area contributed by atoms with Crippen LogP contribution in [0, 0.1) is 17.8 Å². The molecule has 8 rings (SSSR count). The van der Waals surface area contributed by atoms with Crippen LogP contribution >= 0.6 is 0 Å². The topological polar surface area (TPSA) is 86.9 Å². The van der Waals surface area contributed by atoms with Gasteiger partial charge in [-0.05, 0) is 55.4 Å². The standard InChI is InChI=1S/C32H39FN4O4/c33-24-16-22-29-31(28(24)35-21-5-6-25-20(13-21)7-8-34-25)41-27-15-19-4-2-1-3-18(19)14-26(27)37(29)17-23(30(22)38)32(39)36-9-11-40-12-10-36/h5-8,13,17-19,22,24,26-29,31,34-35H,1-4,9-12,14-16H2. The Morgan fingerprint density at radius 2 is 1.85 bits per heavy atom. The maximum atomic E-state index is 16.2. The highest BCUT2D eigenvalue weighted by Crippen LogP contribution is 2.50. The van der Waals surface area contributed by atoms with Crippen molar-refractivity contribution in [3.63, 3.8) is 0 Å². The highest BCUT2D eigenvalue weighted by molar-refractivity contribution is 6.20. The number of hydrogen-bond donors (Lipinski definition) is 2. The molecule has 0 spiro atoms. The van der Waals surface area contributed by atoms with Crippen molar-refractivity contribution in [1.82, 2.24) is 14.8 Å². The molecule has 3 aliphatic carbocycles. The Morgan fingerprint density at radius 3 is 2.68 bits per heavy atom. The normalized spacial score (nSPS) is 38.5. The zero-order chi connectivity index (χ0) is 27.7. The first-order chi connectivity index (χ1) is 20.0. The molecule has 2 N–H and O–H groups in total. The van der Waals surface area contributed by atoms with E-state index in [1.165, 1.54) is 25.7 Å².